The number of benzene rings is 2. The first-order valence-corrected chi connectivity index (χ1v) is 7.94. The van der Waals surface area contributed by atoms with Gasteiger partial charge in [0.05, 0.1) is 0 Å². The third kappa shape index (κ3) is 2.65. The zero-order chi connectivity index (χ0) is 14.3. The Hall–Kier alpha value is -0.830. The van der Waals surface area contributed by atoms with E-state index < -0.39 is 0 Å². The van der Waals surface area contributed by atoms with Crippen LogP contribution >= 0.6 is 27.5 Å². The number of fused-ring (bicyclic) bond motifs is 1. The molecule has 0 aromatic heterocycles. The summed E-state index contributed by atoms with van der Waals surface area (Å²) < 4.78 is 1.13. The lowest BCUT2D eigenvalue weighted by atomic mass is 9.83. The minimum Gasteiger partial charge on any atom is -0.301 e. The first-order valence-electron chi connectivity index (χ1n) is 6.77. The van der Waals surface area contributed by atoms with Gasteiger partial charge in [-0.05, 0) is 60.5 Å². The average molecular weight is 351 g/mol. The molecule has 3 rings (SSSR count). The highest BCUT2D eigenvalue weighted by molar-refractivity contribution is 9.10. The van der Waals surface area contributed by atoms with Crippen LogP contribution in [0.3, 0.4) is 0 Å². The Morgan fingerprint density at radius 1 is 1.25 bits per heavy atom. The molecule has 2 aromatic rings. The lowest BCUT2D eigenvalue weighted by Gasteiger charge is -2.34. The summed E-state index contributed by atoms with van der Waals surface area (Å²) in [6.45, 7) is 4.19. The van der Waals surface area contributed by atoms with E-state index in [1.807, 2.05) is 0 Å². The normalized spacial score (nSPS) is 18.9. The Kier molecular flexibility index (Phi) is 3.89. The van der Waals surface area contributed by atoms with E-state index >= 15 is 0 Å². The Morgan fingerprint density at radius 2 is 2.05 bits per heavy atom. The van der Waals surface area contributed by atoms with Gasteiger partial charge < -0.3 is 4.90 Å². The highest BCUT2D eigenvalue weighted by atomic mass is 79.9. The summed E-state index contributed by atoms with van der Waals surface area (Å²) in [6.07, 6.45) is 0. The Balaban J connectivity index is 2.15. The van der Waals surface area contributed by atoms with Crippen molar-refractivity contribution in [2.24, 2.45) is 0 Å². The predicted octanol–water partition coefficient (Wildman–Crippen LogP) is 4.99. The molecule has 0 bridgehead atoms. The van der Waals surface area contributed by atoms with Gasteiger partial charge in [-0.2, -0.15) is 0 Å². The van der Waals surface area contributed by atoms with Gasteiger partial charge in [0.1, 0.15) is 0 Å². The van der Waals surface area contributed by atoms with E-state index in [0.29, 0.717) is 5.92 Å². The van der Waals surface area contributed by atoms with Gasteiger partial charge in [-0.15, -0.1) is 0 Å². The quantitative estimate of drug-likeness (QED) is 0.700. The molecule has 1 aliphatic rings. The summed E-state index contributed by atoms with van der Waals surface area (Å²) in [5.74, 6) is 0.388. The van der Waals surface area contributed by atoms with Crippen molar-refractivity contribution < 1.29 is 0 Å². The monoisotopic (exact) mass is 349 g/mol. The summed E-state index contributed by atoms with van der Waals surface area (Å²) in [7, 11) is 2.18. The molecule has 1 unspecified atom stereocenters. The number of aryl methyl sites for hydroxylation is 1. The van der Waals surface area contributed by atoms with Crippen LogP contribution in [-0.2, 0) is 6.54 Å². The van der Waals surface area contributed by atoms with Gasteiger partial charge in [0.25, 0.3) is 0 Å². The fourth-order valence-corrected chi connectivity index (χ4v) is 3.78. The number of halogens is 2. The molecule has 1 aliphatic heterocycles. The third-order valence-corrected chi connectivity index (χ3v) is 4.73. The van der Waals surface area contributed by atoms with Gasteiger partial charge in [0.2, 0.25) is 0 Å². The standard InChI is InChI=1S/C17H17BrClN/c1-11-6-14(19)8-15-16(11)9-20(2)10-17(15)12-4-3-5-13(18)7-12/h3-8,17H,9-10H2,1-2H3. The molecule has 0 saturated carbocycles. The van der Waals surface area contributed by atoms with Crippen molar-refractivity contribution in [2.75, 3.05) is 13.6 Å². The molecule has 0 amide bonds. The second kappa shape index (κ2) is 5.51. The lowest BCUT2D eigenvalue weighted by Crippen LogP contribution is -2.31. The molecule has 1 heterocycles. The topological polar surface area (TPSA) is 3.24 Å². The Bertz CT molecular complexity index is 653. The van der Waals surface area contributed by atoms with E-state index in [2.05, 4.69) is 71.2 Å². The van der Waals surface area contributed by atoms with Crippen LogP contribution in [0.25, 0.3) is 0 Å². The minimum atomic E-state index is 0.388. The molecular formula is C17H17BrClN. The number of rotatable bonds is 1. The fraction of sp³-hybridized carbons (Fsp3) is 0.294. The zero-order valence-electron chi connectivity index (χ0n) is 11.7. The van der Waals surface area contributed by atoms with Crippen molar-refractivity contribution >= 4 is 27.5 Å². The van der Waals surface area contributed by atoms with Crippen LogP contribution < -0.4 is 0 Å². The van der Waals surface area contributed by atoms with Gasteiger partial charge >= 0.3 is 0 Å². The summed E-state index contributed by atoms with van der Waals surface area (Å²) in [5.41, 5.74) is 5.44. The van der Waals surface area contributed by atoms with Gasteiger partial charge in [-0.3, -0.25) is 0 Å². The first-order chi connectivity index (χ1) is 9.54. The van der Waals surface area contributed by atoms with Crippen molar-refractivity contribution in [2.45, 2.75) is 19.4 Å². The van der Waals surface area contributed by atoms with E-state index in [-0.39, 0.29) is 0 Å². The fourth-order valence-electron chi connectivity index (χ4n) is 3.08. The van der Waals surface area contributed by atoms with Gasteiger partial charge in [-0.1, -0.05) is 39.7 Å². The Labute approximate surface area is 133 Å². The average Bonchev–Trinajstić information content (AvgIpc) is 2.39. The summed E-state index contributed by atoms with van der Waals surface area (Å²) >= 11 is 9.85. The van der Waals surface area contributed by atoms with Crippen molar-refractivity contribution in [3.8, 4) is 0 Å². The van der Waals surface area contributed by atoms with Crippen LogP contribution in [0.4, 0.5) is 0 Å². The van der Waals surface area contributed by atoms with Crippen molar-refractivity contribution in [1.82, 2.24) is 4.90 Å². The van der Waals surface area contributed by atoms with Crippen LogP contribution in [0.2, 0.25) is 5.02 Å². The van der Waals surface area contributed by atoms with E-state index in [4.69, 9.17) is 11.6 Å². The molecule has 0 spiro atoms. The number of hydrogen-bond acceptors (Lipinski definition) is 1. The first kappa shape index (κ1) is 14.1. The SMILES string of the molecule is Cc1cc(Cl)cc2c1CN(C)CC2c1cccc(Br)c1. The molecule has 2 aromatic carbocycles. The summed E-state index contributed by atoms with van der Waals surface area (Å²) in [4.78, 5) is 2.38. The highest BCUT2D eigenvalue weighted by Crippen LogP contribution is 2.37. The van der Waals surface area contributed by atoms with Crippen molar-refractivity contribution in [3.63, 3.8) is 0 Å². The molecular weight excluding hydrogens is 334 g/mol. The summed E-state index contributed by atoms with van der Waals surface area (Å²) in [5, 5.41) is 0.839. The van der Waals surface area contributed by atoms with Crippen LogP contribution in [0.1, 0.15) is 28.2 Å². The largest absolute Gasteiger partial charge is 0.301 e. The number of likely N-dealkylation sites (N-methyl/N-ethyl adjacent to an activating group) is 1. The maximum atomic E-state index is 6.28. The van der Waals surface area contributed by atoms with E-state index in [0.717, 1.165) is 22.6 Å². The second-order valence-corrected chi connectivity index (χ2v) is 6.95. The predicted molar refractivity (Wildman–Crippen MR) is 88.5 cm³/mol. The van der Waals surface area contributed by atoms with E-state index in [9.17, 15) is 0 Å². The minimum absolute atomic E-state index is 0.388. The van der Waals surface area contributed by atoms with Crippen LogP contribution in [0.5, 0.6) is 0 Å². The lowest BCUT2D eigenvalue weighted by molar-refractivity contribution is 0.294. The molecule has 0 saturated heterocycles. The molecule has 0 N–H and O–H groups in total. The maximum absolute atomic E-state index is 6.28. The molecule has 0 aliphatic carbocycles. The molecule has 0 radical (unpaired) electrons. The number of nitrogens with zero attached hydrogens (tertiary/aromatic N) is 1. The molecule has 20 heavy (non-hydrogen) atoms. The Morgan fingerprint density at radius 3 is 2.80 bits per heavy atom. The molecule has 1 atom stereocenters. The molecule has 3 heteroatoms. The van der Waals surface area contributed by atoms with Crippen LogP contribution in [0, 0.1) is 6.92 Å². The zero-order valence-corrected chi connectivity index (χ0v) is 14.0. The van der Waals surface area contributed by atoms with Crippen LogP contribution in [0.15, 0.2) is 40.9 Å². The maximum Gasteiger partial charge on any atom is 0.0411 e. The highest BCUT2D eigenvalue weighted by Gasteiger charge is 2.26. The van der Waals surface area contributed by atoms with Crippen LogP contribution in [-0.4, -0.2) is 18.5 Å². The van der Waals surface area contributed by atoms with E-state index in [1.54, 1.807) is 0 Å². The second-order valence-electron chi connectivity index (χ2n) is 5.59. The molecule has 0 fully saturated rings. The van der Waals surface area contributed by atoms with E-state index in [1.165, 1.54) is 22.3 Å². The van der Waals surface area contributed by atoms with Gasteiger partial charge in [0.15, 0.2) is 0 Å². The van der Waals surface area contributed by atoms with Gasteiger partial charge in [0, 0.05) is 28.5 Å². The smallest absolute Gasteiger partial charge is 0.0411 e. The molecule has 1 nitrogen and oxygen atoms in total. The van der Waals surface area contributed by atoms with Crippen molar-refractivity contribution in [1.29, 1.82) is 0 Å². The van der Waals surface area contributed by atoms with Crippen molar-refractivity contribution in [3.05, 3.63) is 68.1 Å². The van der Waals surface area contributed by atoms with Gasteiger partial charge in [-0.25, -0.2) is 0 Å². The third-order valence-electron chi connectivity index (χ3n) is 4.02. The number of hydrogen-bond donors (Lipinski definition) is 0. The summed E-state index contributed by atoms with van der Waals surface area (Å²) in [6, 6.07) is 12.8. The molecule has 104 valence electrons.